The van der Waals surface area contributed by atoms with E-state index in [0.717, 1.165) is 31.9 Å². The summed E-state index contributed by atoms with van der Waals surface area (Å²) in [5.74, 6) is 1.25. The minimum absolute atomic E-state index is 0.0188. The lowest BCUT2D eigenvalue weighted by Gasteiger charge is -2.43. The van der Waals surface area contributed by atoms with Crippen molar-refractivity contribution in [2.45, 2.75) is 44.8 Å². The molecule has 0 radical (unpaired) electrons. The van der Waals surface area contributed by atoms with Crippen molar-refractivity contribution in [2.75, 3.05) is 18.1 Å². The molecule has 4 heteroatoms. The zero-order chi connectivity index (χ0) is 12.5. The summed E-state index contributed by atoms with van der Waals surface area (Å²) in [4.78, 5) is 13.6. The maximum atomic E-state index is 11.3. The van der Waals surface area contributed by atoms with Crippen LogP contribution in [0.2, 0.25) is 0 Å². The third-order valence-corrected chi connectivity index (χ3v) is 3.95. The number of nitrogens with zero attached hydrogens (tertiary/aromatic N) is 1. The van der Waals surface area contributed by atoms with Gasteiger partial charge in [-0.3, -0.25) is 4.79 Å². The number of hydrogen-bond donors (Lipinski definition) is 0. The zero-order valence-corrected chi connectivity index (χ0v) is 10.7. The number of rotatable bonds is 2. The van der Waals surface area contributed by atoms with Gasteiger partial charge in [0, 0.05) is 19.5 Å². The number of hydrogen-bond acceptors (Lipinski definition) is 4. The molecule has 4 nitrogen and oxygen atoms in total. The van der Waals surface area contributed by atoms with Crippen molar-refractivity contribution in [1.29, 1.82) is 0 Å². The van der Waals surface area contributed by atoms with Crippen LogP contribution in [0.3, 0.4) is 0 Å². The van der Waals surface area contributed by atoms with Crippen molar-refractivity contribution in [2.24, 2.45) is 0 Å². The number of ketones is 1. The first-order valence-electron chi connectivity index (χ1n) is 6.75. The Bertz CT molecular complexity index is 438. The molecule has 0 bridgehead atoms. The van der Waals surface area contributed by atoms with Gasteiger partial charge in [0.05, 0.1) is 18.8 Å². The lowest BCUT2D eigenvalue weighted by Crippen LogP contribution is -2.52. The van der Waals surface area contributed by atoms with Crippen LogP contribution in [0.1, 0.15) is 43.2 Å². The molecule has 1 aliphatic heterocycles. The fourth-order valence-corrected chi connectivity index (χ4v) is 3.04. The van der Waals surface area contributed by atoms with Crippen molar-refractivity contribution < 1.29 is 13.9 Å². The minimum Gasteiger partial charge on any atom is -0.437 e. The van der Waals surface area contributed by atoms with Gasteiger partial charge in [-0.05, 0) is 18.9 Å². The zero-order valence-electron chi connectivity index (χ0n) is 10.7. The molecule has 2 aliphatic rings. The van der Waals surface area contributed by atoms with E-state index in [1.807, 2.05) is 6.07 Å². The fourth-order valence-electron chi connectivity index (χ4n) is 3.04. The van der Waals surface area contributed by atoms with Crippen LogP contribution in [0.5, 0.6) is 0 Å². The van der Waals surface area contributed by atoms with Gasteiger partial charge in [0.25, 0.3) is 0 Å². The van der Waals surface area contributed by atoms with Crippen LogP contribution in [0.4, 0.5) is 5.88 Å². The van der Waals surface area contributed by atoms with E-state index in [2.05, 4.69) is 4.90 Å². The maximum absolute atomic E-state index is 11.3. The molecule has 2 atom stereocenters. The summed E-state index contributed by atoms with van der Waals surface area (Å²) < 4.78 is 11.5. The van der Waals surface area contributed by atoms with Crippen LogP contribution in [0.25, 0.3) is 0 Å². The van der Waals surface area contributed by atoms with E-state index in [-0.39, 0.29) is 5.78 Å². The van der Waals surface area contributed by atoms with Gasteiger partial charge < -0.3 is 14.1 Å². The summed E-state index contributed by atoms with van der Waals surface area (Å²) >= 11 is 0. The molecular formula is C14H19NO3. The molecule has 0 amide bonds. The first-order valence-corrected chi connectivity index (χ1v) is 6.75. The Morgan fingerprint density at radius 2 is 2.17 bits per heavy atom. The Hall–Kier alpha value is -1.29. The van der Waals surface area contributed by atoms with E-state index in [4.69, 9.17) is 9.15 Å². The van der Waals surface area contributed by atoms with Crippen LogP contribution in [-0.4, -0.2) is 31.1 Å². The highest BCUT2D eigenvalue weighted by atomic mass is 16.5. The summed E-state index contributed by atoms with van der Waals surface area (Å²) in [5, 5.41) is 0. The van der Waals surface area contributed by atoms with E-state index < -0.39 is 0 Å². The van der Waals surface area contributed by atoms with Crippen LogP contribution in [-0.2, 0) is 4.74 Å². The largest absolute Gasteiger partial charge is 0.437 e. The molecule has 1 aliphatic carbocycles. The molecule has 18 heavy (non-hydrogen) atoms. The van der Waals surface area contributed by atoms with Gasteiger partial charge in [0.2, 0.25) is 0 Å². The van der Waals surface area contributed by atoms with E-state index in [1.54, 1.807) is 6.07 Å². The molecule has 1 aromatic heterocycles. The minimum atomic E-state index is -0.0188. The number of carbonyl (C=O) groups excluding carboxylic acids is 1. The lowest BCUT2D eigenvalue weighted by atomic mass is 9.90. The average molecular weight is 249 g/mol. The Kier molecular flexibility index (Phi) is 3.12. The Morgan fingerprint density at radius 1 is 1.33 bits per heavy atom. The van der Waals surface area contributed by atoms with Crippen LogP contribution in [0.15, 0.2) is 16.5 Å². The highest BCUT2D eigenvalue weighted by Gasteiger charge is 2.35. The third kappa shape index (κ3) is 2.05. The number of carbonyl (C=O) groups is 1. The first-order chi connectivity index (χ1) is 8.75. The molecule has 1 saturated carbocycles. The van der Waals surface area contributed by atoms with Crippen LogP contribution >= 0.6 is 0 Å². The molecule has 2 unspecified atom stereocenters. The van der Waals surface area contributed by atoms with Crippen LogP contribution in [0, 0.1) is 0 Å². The summed E-state index contributed by atoms with van der Waals surface area (Å²) in [6, 6.07) is 4.09. The monoisotopic (exact) mass is 249 g/mol. The van der Waals surface area contributed by atoms with Crippen molar-refractivity contribution in [1.82, 2.24) is 0 Å². The molecular weight excluding hydrogens is 230 g/mol. The average Bonchev–Trinajstić information content (AvgIpc) is 2.87. The molecule has 2 fully saturated rings. The molecule has 0 aromatic carbocycles. The molecule has 1 aromatic rings. The summed E-state index contributed by atoms with van der Waals surface area (Å²) in [5.41, 5.74) is 0. The summed E-state index contributed by atoms with van der Waals surface area (Å²) in [7, 11) is 0. The van der Waals surface area contributed by atoms with Crippen molar-refractivity contribution >= 4 is 11.7 Å². The number of Topliss-reactive ketones (excluding diaryl/α,β-unsaturated/α-hetero) is 1. The van der Waals surface area contributed by atoms with E-state index in [9.17, 15) is 4.79 Å². The fraction of sp³-hybridized carbons (Fsp3) is 0.643. The molecule has 1 saturated heterocycles. The second-order valence-corrected chi connectivity index (χ2v) is 5.15. The van der Waals surface area contributed by atoms with Gasteiger partial charge in [0.1, 0.15) is 0 Å². The second kappa shape index (κ2) is 4.76. The SMILES string of the molecule is CC(=O)c1ccc(N2CCOC3CCCCC32)o1. The quantitative estimate of drug-likeness (QED) is 0.756. The summed E-state index contributed by atoms with van der Waals surface area (Å²) in [6.07, 6.45) is 5.13. The van der Waals surface area contributed by atoms with Gasteiger partial charge in [-0.15, -0.1) is 0 Å². The molecule has 98 valence electrons. The molecule has 0 N–H and O–H groups in total. The highest BCUT2D eigenvalue weighted by Crippen LogP contribution is 2.32. The topological polar surface area (TPSA) is 42.7 Å². The van der Waals surface area contributed by atoms with Gasteiger partial charge >= 0.3 is 0 Å². The molecule has 2 heterocycles. The van der Waals surface area contributed by atoms with Gasteiger partial charge in [-0.2, -0.15) is 0 Å². The van der Waals surface area contributed by atoms with Gasteiger partial charge in [-0.25, -0.2) is 0 Å². The number of ether oxygens (including phenoxy) is 1. The molecule has 0 spiro atoms. The van der Waals surface area contributed by atoms with Crippen molar-refractivity contribution in [3.63, 3.8) is 0 Å². The predicted octanol–water partition coefficient (Wildman–Crippen LogP) is 2.63. The van der Waals surface area contributed by atoms with Crippen LogP contribution < -0.4 is 4.90 Å². The Labute approximate surface area is 107 Å². The number of anilines is 1. The number of morpholine rings is 1. The first kappa shape index (κ1) is 11.8. The van der Waals surface area contributed by atoms with Gasteiger partial charge in [-0.1, -0.05) is 12.8 Å². The Morgan fingerprint density at radius 3 is 2.94 bits per heavy atom. The van der Waals surface area contributed by atoms with E-state index in [0.29, 0.717) is 17.9 Å². The molecule has 3 rings (SSSR count). The van der Waals surface area contributed by atoms with E-state index >= 15 is 0 Å². The smallest absolute Gasteiger partial charge is 0.196 e. The van der Waals surface area contributed by atoms with E-state index in [1.165, 1.54) is 19.8 Å². The third-order valence-electron chi connectivity index (χ3n) is 3.95. The second-order valence-electron chi connectivity index (χ2n) is 5.15. The number of furan rings is 1. The maximum Gasteiger partial charge on any atom is 0.196 e. The predicted molar refractivity (Wildman–Crippen MR) is 68.1 cm³/mol. The lowest BCUT2D eigenvalue weighted by molar-refractivity contribution is -0.0102. The number of fused-ring (bicyclic) bond motifs is 1. The standard InChI is InChI=1S/C14H19NO3/c1-10(16)12-6-7-14(18-12)15-8-9-17-13-5-3-2-4-11(13)15/h6-7,11,13H,2-5,8-9H2,1H3. The van der Waals surface area contributed by atoms with Crippen molar-refractivity contribution in [3.8, 4) is 0 Å². The van der Waals surface area contributed by atoms with Gasteiger partial charge in [0.15, 0.2) is 17.4 Å². The van der Waals surface area contributed by atoms with Crippen molar-refractivity contribution in [3.05, 3.63) is 17.9 Å². The summed E-state index contributed by atoms with van der Waals surface area (Å²) in [6.45, 7) is 3.13. The highest BCUT2D eigenvalue weighted by molar-refractivity contribution is 5.91. The Balaban J connectivity index is 1.82. The normalized spacial score (nSPS) is 27.9.